The summed E-state index contributed by atoms with van der Waals surface area (Å²) in [7, 11) is 2.04. The highest BCUT2D eigenvalue weighted by atomic mass is 15.2. The molecule has 100 valence electrons. The second-order valence-corrected chi connectivity index (χ2v) is 5.82. The van der Waals surface area contributed by atoms with E-state index in [9.17, 15) is 5.26 Å². The monoisotopic (exact) mass is 255 g/mol. The van der Waals surface area contributed by atoms with Crippen LogP contribution in [-0.4, -0.2) is 25.7 Å². The number of para-hydroxylation sites is 1. The van der Waals surface area contributed by atoms with E-state index in [1.165, 1.54) is 25.7 Å². The third kappa shape index (κ3) is 2.21. The zero-order valence-corrected chi connectivity index (χ0v) is 11.5. The average Bonchev–Trinajstić information content (AvgIpc) is 2.70. The number of hydrogen-bond acceptors (Lipinski definition) is 3. The zero-order valence-electron chi connectivity index (χ0n) is 11.5. The van der Waals surface area contributed by atoms with Crippen molar-refractivity contribution in [1.29, 1.82) is 5.26 Å². The highest BCUT2D eigenvalue weighted by Gasteiger charge is 2.41. The predicted molar refractivity (Wildman–Crippen MR) is 77.1 cm³/mol. The molecular weight excluding hydrogens is 234 g/mol. The Morgan fingerprint density at radius 2 is 1.95 bits per heavy atom. The first-order valence-corrected chi connectivity index (χ1v) is 7.25. The van der Waals surface area contributed by atoms with Gasteiger partial charge in [0.25, 0.3) is 0 Å². The first-order valence-electron chi connectivity index (χ1n) is 7.25. The number of hydrogen-bond donors (Lipinski definition) is 1. The first kappa shape index (κ1) is 12.5. The van der Waals surface area contributed by atoms with Crippen LogP contribution < -0.4 is 10.2 Å². The molecule has 0 saturated carbocycles. The van der Waals surface area contributed by atoms with Crippen molar-refractivity contribution in [2.45, 2.75) is 37.8 Å². The van der Waals surface area contributed by atoms with Crippen molar-refractivity contribution in [3.8, 4) is 6.07 Å². The lowest BCUT2D eigenvalue weighted by molar-refractivity contribution is 0.332. The Balaban J connectivity index is 1.86. The van der Waals surface area contributed by atoms with Crippen LogP contribution >= 0.6 is 0 Å². The fourth-order valence-electron chi connectivity index (χ4n) is 3.93. The van der Waals surface area contributed by atoms with E-state index in [0.29, 0.717) is 12.1 Å². The van der Waals surface area contributed by atoms with E-state index < -0.39 is 0 Å². The van der Waals surface area contributed by atoms with Gasteiger partial charge in [0.2, 0.25) is 0 Å². The maximum atomic E-state index is 9.29. The van der Waals surface area contributed by atoms with E-state index in [2.05, 4.69) is 28.4 Å². The summed E-state index contributed by atoms with van der Waals surface area (Å²) in [5.41, 5.74) is 1.98. The summed E-state index contributed by atoms with van der Waals surface area (Å²) in [5.74, 6) is 0.799. The lowest BCUT2D eigenvalue weighted by Gasteiger charge is -2.41. The molecule has 2 aliphatic heterocycles. The van der Waals surface area contributed by atoms with Crippen molar-refractivity contribution in [1.82, 2.24) is 5.32 Å². The largest absolute Gasteiger partial charge is 0.364 e. The van der Waals surface area contributed by atoms with Crippen molar-refractivity contribution in [3.05, 3.63) is 29.8 Å². The number of nitriles is 1. The van der Waals surface area contributed by atoms with Crippen molar-refractivity contribution >= 4 is 5.69 Å². The molecule has 0 amide bonds. The standard InChI is InChI=1S/C16H21N3/c1-18-11-12-8-14-6-7-15(9-12)19(14)16-5-3-2-4-13(16)10-17/h2-5,12,14-15,18H,6-9,11H2,1H3. The van der Waals surface area contributed by atoms with Gasteiger partial charge in [-0.15, -0.1) is 0 Å². The number of fused-ring (bicyclic) bond motifs is 2. The molecule has 2 saturated heterocycles. The molecule has 3 rings (SSSR count). The summed E-state index contributed by atoms with van der Waals surface area (Å²) < 4.78 is 0. The van der Waals surface area contributed by atoms with Gasteiger partial charge in [0.15, 0.2) is 0 Å². The quantitative estimate of drug-likeness (QED) is 0.902. The van der Waals surface area contributed by atoms with Gasteiger partial charge in [-0.05, 0) is 57.3 Å². The fourth-order valence-corrected chi connectivity index (χ4v) is 3.93. The second-order valence-electron chi connectivity index (χ2n) is 5.82. The summed E-state index contributed by atoms with van der Waals surface area (Å²) in [6.07, 6.45) is 5.09. The molecule has 2 heterocycles. The van der Waals surface area contributed by atoms with Crippen LogP contribution in [0.25, 0.3) is 0 Å². The van der Waals surface area contributed by atoms with Gasteiger partial charge in [-0.1, -0.05) is 12.1 Å². The second kappa shape index (κ2) is 5.22. The Morgan fingerprint density at radius 3 is 2.58 bits per heavy atom. The Labute approximate surface area is 115 Å². The molecule has 0 aromatic heterocycles. The van der Waals surface area contributed by atoms with Crippen LogP contribution in [0, 0.1) is 17.2 Å². The van der Waals surface area contributed by atoms with E-state index >= 15 is 0 Å². The van der Waals surface area contributed by atoms with Crippen LogP contribution in [0.3, 0.4) is 0 Å². The summed E-state index contributed by atoms with van der Waals surface area (Å²) >= 11 is 0. The van der Waals surface area contributed by atoms with E-state index in [-0.39, 0.29) is 0 Å². The molecule has 2 fully saturated rings. The van der Waals surface area contributed by atoms with Crippen LogP contribution in [0.4, 0.5) is 5.69 Å². The molecule has 0 radical (unpaired) electrons. The van der Waals surface area contributed by atoms with Crippen LogP contribution in [-0.2, 0) is 0 Å². The molecule has 2 bridgehead atoms. The minimum atomic E-state index is 0.631. The number of rotatable bonds is 3. The number of benzene rings is 1. The van der Waals surface area contributed by atoms with Gasteiger partial charge < -0.3 is 10.2 Å². The van der Waals surface area contributed by atoms with Crippen LogP contribution in [0.5, 0.6) is 0 Å². The summed E-state index contributed by atoms with van der Waals surface area (Å²) in [6.45, 7) is 1.13. The smallest absolute Gasteiger partial charge is 0.101 e. The molecular formula is C16H21N3. The molecule has 3 nitrogen and oxygen atoms in total. The topological polar surface area (TPSA) is 39.1 Å². The lowest BCUT2D eigenvalue weighted by atomic mass is 9.89. The van der Waals surface area contributed by atoms with Gasteiger partial charge >= 0.3 is 0 Å². The zero-order chi connectivity index (χ0) is 13.2. The summed E-state index contributed by atoms with van der Waals surface area (Å²) in [5, 5.41) is 12.6. The SMILES string of the molecule is CNCC1CC2CCC(C1)N2c1ccccc1C#N. The molecule has 2 aliphatic rings. The Hall–Kier alpha value is -1.53. The minimum Gasteiger partial charge on any atom is -0.364 e. The summed E-state index contributed by atoms with van der Waals surface area (Å²) in [4.78, 5) is 2.53. The van der Waals surface area contributed by atoms with Gasteiger partial charge in [0.05, 0.1) is 11.3 Å². The third-order valence-corrected chi connectivity index (χ3v) is 4.63. The molecule has 1 aromatic rings. The molecule has 1 aromatic carbocycles. The highest BCUT2D eigenvalue weighted by molar-refractivity contribution is 5.61. The Morgan fingerprint density at radius 1 is 1.26 bits per heavy atom. The van der Waals surface area contributed by atoms with Crippen molar-refractivity contribution in [2.24, 2.45) is 5.92 Å². The molecule has 0 spiro atoms. The molecule has 2 atom stereocenters. The third-order valence-electron chi connectivity index (χ3n) is 4.63. The van der Waals surface area contributed by atoms with Crippen LogP contribution in [0.2, 0.25) is 0 Å². The molecule has 0 aliphatic carbocycles. The molecule has 1 N–H and O–H groups in total. The van der Waals surface area contributed by atoms with E-state index in [0.717, 1.165) is 23.7 Å². The maximum Gasteiger partial charge on any atom is 0.101 e. The van der Waals surface area contributed by atoms with Crippen molar-refractivity contribution in [3.63, 3.8) is 0 Å². The molecule has 2 unspecified atom stereocenters. The van der Waals surface area contributed by atoms with Crippen molar-refractivity contribution in [2.75, 3.05) is 18.5 Å². The average molecular weight is 255 g/mol. The van der Waals surface area contributed by atoms with Gasteiger partial charge in [-0.25, -0.2) is 0 Å². The van der Waals surface area contributed by atoms with Gasteiger partial charge in [0, 0.05) is 12.1 Å². The van der Waals surface area contributed by atoms with E-state index in [4.69, 9.17) is 0 Å². The van der Waals surface area contributed by atoms with Crippen LogP contribution in [0.15, 0.2) is 24.3 Å². The van der Waals surface area contributed by atoms with E-state index in [1.807, 2.05) is 19.2 Å². The first-order chi connectivity index (χ1) is 9.33. The number of piperidine rings is 1. The highest BCUT2D eigenvalue weighted by Crippen LogP contribution is 2.42. The lowest BCUT2D eigenvalue weighted by Crippen LogP contribution is -2.45. The molecule has 19 heavy (non-hydrogen) atoms. The van der Waals surface area contributed by atoms with E-state index in [1.54, 1.807) is 0 Å². The van der Waals surface area contributed by atoms with Gasteiger partial charge in [-0.2, -0.15) is 5.26 Å². The van der Waals surface area contributed by atoms with Crippen molar-refractivity contribution < 1.29 is 0 Å². The number of anilines is 1. The number of nitrogens with zero attached hydrogens (tertiary/aromatic N) is 2. The normalized spacial score (nSPS) is 29.3. The van der Waals surface area contributed by atoms with Crippen LogP contribution in [0.1, 0.15) is 31.2 Å². The predicted octanol–water partition coefficient (Wildman–Crippen LogP) is 2.53. The minimum absolute atomic E-state index is 0.631. The molecule has 3 heteroatoms. The fraction of sp³-hybridized carbons (Fsp3) is 0.562. The Kier molecular flexibility index (Phi) is 3.44. The van der Waals surface area contributed by atoms with Gasteiger partial charge in [-0.3, -0.25) is 0 Å². The van der Waals surface area contributed by atoms with Gasteiger partial charge in [0.1, 0.15) is 6.07 Å². The maximum absolute atomic E-state index is 9.29. The summed E-state index contributed by atoms with van der Waals surface area (Å²) in [6, 6.07) is 11.7. The number of nitrogens with one attached hydrogen (secondary N) is 1. The Bertz CT molecular complexity index is 477.